The van der Waals surface area contributed by atoms with Gasteiger partial charge in [-0.3, -0.25) is 4.90 Å². The molecule has 1 N–H and O–H groups in total. The topological polar surface area (TPSA) is 15.3 Å². The van der Waals surface area contributed by atoms with Crippen LogP contribution in [-0.2, 0) is 0 Å². The first-order chi connectivity index (χ1) is 6.86. The monoisotopic (exact) mass is 190 g/mol. The first-order valence-corrected chi connectivity index (χ1v) is 5.32. The highest BCUT2D eigenvalue weighted by Crippen LogP contribution is 2.18. The normalized spacial score (nSPS) is 23.1. The second kappa shape index (κ2) is 4.58. The second-order valence-corrected chi connectivity index (χ2v) is 3.98. The molecule has 1 fully saturated rings. The van der Waals surface area contributed by atoms with Gasteiger partial charge in [-0.1, -0.05) is 36.5 Å². The lowest BCUT2D eigenvalue weighted by Crippen LogP contribution is -2.44. The number of allylic oxidation sites excluding steroid dienone is 4. The fourth-order valence-electron chi connectivity index (χ4n) is 1.97. The van der Waals surface area contributed by atoms with Gasteiger partial charge in [-0.2, -0.15) is 0 Å². The number of hydrogen-bond acceptors (Lipinski definition) is 2. The summed E-state index contributed by atoms with van der Waals surface area (Å²) < 4.78 is 0. The molecule has 0 radical (unpaired) electrons. The molecule has 0 aromatic rings. The van der Waals surface area contributed by atoms with Gasteiger partial charge < -0.3 is 5.32 Å². The van der Waals surface area contributed by atoms with Crippen molar-refractivity contribution in [1.29, 1.82) is 0 Å². The largest absolute Gasteiger partial charge is 0.314 e. The van der Waals surface area contributed by atoms with Crippen molar-refractivity contribution in [1.82, 2.24) is 10.2 Å². The molecule has 0 atom stereocenters. The summed E-state index contributed by atoms with van der Waals surface area (Å²) in [7, 11) is 0. The molecule has 76 valence electrons. The Morgan fingerprint density at radius 3 is 2.57 bits per heavy atom. The summed E-state index contributed by atoms with van der Waals surface area (Å²) >= 11 is 0. The zero-order chi connectivity index (χ0) is 9.80. The quantitative estimate of drug-likeness (QED) is 0.673. The van der Waals surface area contributed by atoms with Gasteiger partial charge >= 0.3 is 0 Å². The van der Waals surface area contributed by atoms with Crippen molar-refractivity contribution in [3.63, 3.8) is 0 Å². The second-order valence-electron chi connectivity index (χ2n) is 3.98. The van der Waals surface area contributed by atoms with Crippen molar-refractivity contribution in [3.8, 4) is 0 Å². The zero-order valence-electron chi connectivity index (χ0n) is 8.58. The number of rotatable bonds is 3. The minimum absolute atomic E-state index is 0.477. The molecule has 1 aliphatic carbocycles. The predicted octanol–water partition coefficient (Wildman–Crippen LogP) is 1.19. The van der Waals surface area contributed by atoms with Crippen molar-refractivity contribution in [3.05, 3.63) is 36.5 Å². The molecule has 2 rings (SSSR count). The van der Waals surface area contributed by atoms with E-state index in [4.69, 9.17) is 0 Å². The smallest absolute Gasteiger partial charge is 0.0200 e. The molecule has 0 saturated carbocycles. The maximum Gasteiger partial charge on any atom is 0.0200 e. The van der Waals surface area contributed by atoms with Crippen LogP contribution in [0.2, 0.25) is 0 Å². The summed E-state index contributed by atoms with van der Waals surface area (Å²) in [5.74, 6) is 0.477. The zero-order valence-corrected chi connectivity index (χ0v) is 8.58. The van der Waals surface area contributed by atoms with E-state index in [-0.39, 0.29) is 0 Å². The average Bonchev–Trinajstić information content (AvgIpc) is 2.72. The highest BCUT2D eigenvalue weighted by Gasteiger charge is 2.14. The van der Waals surface area contributed by atoms with E-state index >= 15 is 0 Å². The van der Waals surface area contributed by atoms with Crippen molar-refractivity contribution in [2.24, 2.45) is 5.92 Å². The summed E-state index contributed by atoms with van der Waals surface area (Å²) in [6.07, 6.45) is 8.64. The van der Waals surface area contributed by atoms with Gasteiger partial charge in [0, 0.05) is 38.6 Å². The fourth-order valence-corrected chi connectivity index (χ4v) is 1.97. The first-order valence-electron chi connectivity index (χ1n) is 5.32. The molecular weight excluding hydrogens is 172 g/mol. The van der Waals surface area contributed by atoms with Crippen molar-refractivity contribution in [2.75, 3.05) is 32.7 Å². The Labute approximate surface area is 86.0 Å². The van der Waals surface area contributed by atoms with Crippen LogP contribution < -0.4 is 5.32 Å². The Bertz CT molecular complexity index is 247. The summed E-state index contributed by atoms with van der Waals surface area (Å²) in [6.45, 7) is 9.74. The number of hydrogen-bond donors (Lipinski definition) is 1. The lowest BCUT2D eigenvalue weighted by atomic mass is 10.0. The molecule has 2 aliphatic rings. The molecule has 0 aromatic carbocycles. The third-order valence-electron chi connectivity index (χ3n) is 2.86. The van der Waals surface area contributed by atoms with Crippen molar-refractivity contribution in [2.45, 2.75) is 0 Å². The lowest BCUT2D eigenvalue weighted by Gasteiger charge is -2.28. The molecule has 0 bridgehead atoms. The molecule has 1 aliphatic heterocycles. The average molecular weight is 190 g/mol. The Hall–Kier alpha value is -0.860. The lowest BCUT2D eigenvalue weighted by molar-refractivity contribution is 0.257. The van der Waals surface area contributed by atoms with Crippen LogP contribution in [0, 0.1) is 5.92 Å². The number of nitrogens with one attached hydrogen (secondary N) is 1. The number of nitrogens with zero attached hydrogens (tertiary/aromatic N) is 1. The Morgan fingerprint density at radius 2 is 1.93 bits per heavy atom. The van der Waals surface area contributed by atoms with Gasteiger partial charge in [-0.05, 0) is 0 Å². The maximum absolute atomic E-state index is 4.17. The molecule has 14 heavy (non-hydrogen) atoms. The molecule has 2 heteroatoms. The van der Waals surface area contributed by atoms with Crippen molar-refractivity contribution < 1.29 is 0 Å². The summed E-state index contributed by atoms with van der Waals surface area (Å²) in [5, 5.41) is 3.36. The van der Waals surface area contributed by atoms with Gasteiger partial charge in [0.25, 0.3) is 0 Å². The molecule has 0 amide bonds. The Balaban J connectivity index is 1.81. The van der Waals surface area contributed by atoms with Crippen LogP contribution in [0.4, 0.5) is 0 Å². The van der Waals surface area contributed by atoms with Crippen molar-refractivity contribution >= 4 is 0 Å². The third-order valence-corrected chi connectivity index (χ3v) is 2.86. The van der Waals surface area contributed by atoms with Crippen LogP contribution in [0.5, 0.6) is 0 Å². The predicted molar refractivity (Wildman–Crippen MR) is 60.2 cm³/mol. The molecule has 0 unspecified atom stereocenters. The van der Waals surface area contributed by atoms with Gasteiger partial charge in [0.1, 0.15) is 0 Å². The van der Waals surface area contributed by atoms with E-state index in [0.29, 0.717) is 5.92 Å². The van der Waals surface area contributed by atoms with Crippen LogP contribution >= 0.6 is 0 Å². The minimum atomic E-state index is 0.477. The fraction of sp³-hybridized carbons (Fsp3) is 0.500. The molecule has 0 aromatic heterocycles. The molecule has 2 nitrogen and oxygen atoms in total. The molecule has 0 spiro atoms. The van der Waals surface area contributed by atoms with Gasteiger partial charge in [0.2, 0.25) is 0 Å². The van der Waals surface area contributed by atoms with Crippen LogP contribution in [0.25, 0.3) is 0 Å². The summed E-state index contributed by atoms with van der Waals surface area (Å²) in [4.78, 5) is 2.47. The minimum Gasteiger partial charge on any atom is -0.314 e. The van der Waals surface area contributed by atoms with E-state index in [1.807, 2.05) is 0 Å². The maximum atomic E-state index is 4.17. The highest BCUT2D eigenvalue weighted by molar-refractivity contribution is 5.27. The first kappa shape index (κ1) is 9.69. The van der Waals surface area contributed by atoms with Crippen LogP contribution in [0.15, 0.2) is 36.5 Å². The highest BCUT2D eigenvalue weighted by atomic mass is 15.2. The summed E-state index contributed by atoms with van der Waals surface area (Å²) in [5.41, 5.74) is 1.32. The Morgan fingerprint density at radius 1 is 1.29 bits per heavy atom. The van der Waals surface area contributed by atoms with Gasteiger partial charge in [-0.15, -0.1) is 0 Å². The van der Waals surface area contributed by atoms with E-state index in [1.165, 1.54) is 5.57 Å². The van der Waals surface area contributed by atoms with E-state index < -0.39 is 0 Å². The van der Waals surface area contributed by atoms with E-state index in [2.05, 4.69) is 41.1 Å². The standard InChI is InChI=1S/C12H18N2/c1-11(12-4-2-3-5-12)10-14-8-6-13-7-9-14/h2-5,12-13H,1,6-10H2. The third kappa shape index (κ3) is 2.34. The van der Waals surface area contributed by atoms with Gasteiger partial charge in [0.05, 0.1) is 0 Å². The van der Waals surface area contributed by atoms with Gasteiger partial charge in [0.15, 0.2) is 0 Å². The van der Waals surface area contributed by atoms with Crippen LogP contribution in [0.3, 0.4) is 0 Å². The molecular formula is C12H18N2. The Kier molecular flexibility index (Phi) is 3.17. The van der Waals surface area contributed by atoms with E-state index in [0.717, 1.165) is 32.7 Å². The van der Waals surface area contributed by atoms with E-state index in [1.54, 1.807) is 0 Å². The molecule has 1 heterocycles. The van der Waals surface area contributed by atoms with Crippen LogP contribution in [0.1, 0.15) is 0 Å². The SMILES string of the molecule is C=C(CN1CCNCC1)C1C=CC=C1. The van der Waals surface area contributed by atoms with Gasteiger partial charge in [-0.25, -0.2) is 0 Å². The summed E-state index contributed by atoms with van der Waals surface area (Å²) in [6, 6.07) is 0. The number of piperazine rings is 1. The van der Waals surface area contributed by atoms with E-state index in [9.17, 15) is 0 Å². The van der Waals surface area contributed by atoms with Crippen LogP contribution in [-0.4, -0.2) is 37.6 Å². The molecule has 1 saturated heterocycles.